The van der Waals surface area contributed by atoms with E-state index in [0.717, 1.165) is 6.07 Å². The maximum atomic E-state index is 13.6. The van der Waals surface area contributed by atoms with Crippen LogP contribution in [-0.4, -0.2) is 5.24 Å². The Hall–Kier alpha value is -1.31. The fraction of sp³-hybridized carbons (Fsp3) is 0.0714. The number of hydrogen-bond acceptors (Lipinski definition) is 2. The molecule has 0 aliphatic rings. The molecular formula is C14H5BrCl2F4O2. The second-order valence-corrected chi connectivity index (χ2v) is 5.88. The summed E-state index contributed by atoms with van der Waals surface area (Å²) in [7, 11) is 0. The molecule has 0 aromatic heterocycles. The Bertz CT molecular complexity index is 755. The molecule has 0 radical (unpaired) electrons. The molecule has 2 rings (SSSR count). The SMILES string of the molecule is O=C(Cl)c1cc(Oc2cc(F)c(C(F)(F)F)c(Cl)c2)ccc1Br. The monoisotopic (exact) mass is 430 g/mol. The molecular weight excluding hydrogens is 427 g/mol. The summed E-state index contributed by atoms with van der Waals surface area (Å²) in [5.41, 5.74) is -1.48. The number of carbonyl (C=O) groups excluding carboxylic acids is 1. The van der Waals surface area contributed by atoms with Gasteiger partial charge in [0.25, 0.3) is 5.24 Å². The van der Waals surface area contributed by atoms with Crippen molar-refractivity contribution < 1.29 is 27.1 Å². The van der Waals surface area contributed by atoms with Crippen molar-refractivity contribution in [1.29, 1.82) is 0 Å². The zero-order valence-electron chi connectivity index (χ0n) is 10.8. The minimum atomic E-state index is -4.92. The van der Waals surface area contributed by atoms with Gasteiger partial charge in [0.15, 0.2) is 0 Å². The van der Waals surface area contributed by atoms with Crippen LogP contribution in [0.1, 0.15) is 15.9 Å². The van der Waals surface area contributed by atoms with Crippen LogP contribution in [0.25, 0.3) is 0 Å². The Morgan fingerprint density at radius 1 is 1.13 bits per heavy atom. The molecule has 0 N–H and O–H groups in total. The molecule has 0 heterocycles. The quantitative estimate of drug-likeness (QED) is 0.413. The molecule has 0 unspecified atom stereocenters. The van der Waals surface area contributed by atoms with E-state index in [1.807, 2.05) is 0 Å². The summed E-state index contributed by atoms with van der Waals surface area (Å²) < 4.78 is 57.1. The summed E-state index contributed by atoms with van der Waals surface area (Å²) in [4.78, 5) is 11.2. The van der Waals surface area contributed by atoms with Crippen LogP contribution in [0.15, 0.2) is 34.8 Å². The van der Waals surface area contributed by atoms with E-state index in [2.05, 4.69) is 15.9 Å². The van der Waals surface area contributed by atoms with Gasteiger partial charge < -0.3 is 4.74 Å². The zero-order chi connectivity index (χ0) is 17.4. The van der Waals surface area contributed by atoms with Crippen molar-refractivity contribution in [3.63, 3.8) is 0 Å². The maximum absolute atomic E-state index is 13.6. The van der Waals surface area contributed by atoms with Gasteiger partial charge in [-0.05, 0) is 45.7 Å². The van der Waals surface area contributed by atoms with Crippen LogP contribution < -0.4 is 4.74 Å². The van der Waals surface area contributed by atoms with Gasteiger partial charge in [-0.3, -0.25) is 4.79 Å². The van der Waals surface area contributed by atoms with Crippen LogP contribution in [-0.2, 0) is 6.18 Å². The summed E-state index contributed by atoms with van der Waals surface area (Å²) in [5, 5.41) is -1.60. The Morgan fingerprint density at radius 2 is 1.78 bits per heavy atom. The van der Waals surface area contributed by atoms with Gasteiger partial charge in [0.2, 0.25) is 0 Å². The van der Waals surface area contributed by atoms with Crippen LogP contribution in [0.2, 0.25) is 5.02 Å². The molecule has 0 fully saturated rings. The highest BCUT2D eigenvalue weighted by Gasteiger charge is 2.37. The maximum Gasteiger partial charge on any atom is 0.420 e. The minimum absolute atomic E-state index is 0.0763. The fourth-order valence-corrected chi connectivity index (χ4v) is 2.74. The molecule has 0 atom stereocenters. The molecule has 0 amide bonds. The molecule has 122 valence electrons. The van der Waals surface area contributed by atoms with Crippen LogP contribution >= 0.6 is 39.1 Å². The van der Waals surface area contributed by atoms with E-state index < -0.39 is 27.8 Å². The van der Waals surface area contributed by atoms with Gasteiger partial charge in [-0.15, -0.1) is 0 Å². The summed E-state index contributed by atoms with van der Waals surface area (Å²) in [6.07, 6.45) is -4.92. The first kappa shape index (κ1) is 18.0. The predicted octanol–water partition coefficient (Wildman–Crippen LogP) is 6.43. The third kappa shape index (κ3) is 4.16. The Balaban J connectivity index is 2.39. The highest BCUT2D eigenvalue weighted by atomic mass is 79.9. The third-order valence-corrected chi connectivity index (χ3v) is 3.88. The first-order valence-corrected chi connectivity index (χ1v) is 7.38. The molecule has 9 heteroatoms. The molecule has 0 spiro atoms. The van der Waals surface area contributed by atoms with Crippen molar-refractivity contribution in [3.05, 3.63) is 56.8 Å². The number of alkyl halides is 3. The number of rotatable bonds is 3. The molecule has 2 nitrogen and oxygen atoms in total. The van der Waals surface area contributed by atoms with Gasteiger partial charge in [-0.25, -0.2) is 4.39 Å². The normalized spacial score (nSPS) is 11.4. The first-order valence-electron chi connectivity index (χ1n) is 5.83. The molecule has 0 aliphatic heterocycles. The number of ether oxygens (including phenoxy) is 1. The van der Waals surface area contributed by atoms with Crippen LogP contribution in [0.5, 0.6) is 11.5 Å². The lowest BCUT2D eigenvalue weighted by Gasteiger charge is -2.13. The van der Waals surface area contributed by atoms with Gasteiger partial charge in [-0.1, -0.05) is 11.6 Å². The molecule has 0 saturated heterocycles. The van der Waals surface area contributed by atoms with Gasteiger partial charge in [-0.2, -0.15) is 13.2 Å². The largest absolute Gasteiger partial charge is 0.457 e. The highest BCUT2D eigenvalue weighted by molar-refractivity contribution is 9.10. The Morgan fingerprint density at radius 3 is 2.30 bits per heavy atom. The van der Waals surface area contributed by atoms with Crippen molar-refractivity contribution >= 4 is 44.4 Å². The van der Waals surface area contributed by atoms with Crippen molar-refractivity contribution in [2.75, 3.05) is 0 Å². The lowest BCUT2D eigenvalue weighted by molar-refractivity contribution is -0.139. The molecule has 0 bridgehead atoms. The summed E-state index contributed by atoms with van der Waals surface area (Å²) in [5.74, 6) is -1.74. The van der Waals surface area contributed by atoms with E-state index in [1.54, 1.807) is 0 Å². The summed E-state index contributed by atoms with van der Waals surface area (Å²) in [6.45, 7) is 0. The van der Waals surface area contributed by atoms with Gasteiger partial charge in [0.05, 0.1) is 10.6 Å². The van der Waals surface area contributed by atoms with E-state index in [4.69, 9.17) is 27.9 Å². The Labute approximate surface area is 146 Å². The van der Waals surface area contributed by atoms with E-state index in [1.165, 1.54) is 18.2 Å². The van der Waals surface area contributed by atoms with Gasteiger partial charge in [0, 0.05) is 16.6 Å². The lowest BCUT2D eigenvalue weighted by atomic mass is 10.2. The number of hydrogen-bond donors (Lipinski definition) is 0. The number of carbonyl (C=O) groups is 1. The number of halogens is 7. The molecule has 2 aromatic carbocycles. The average molecular weight is 432 g/mol. The zero-order valence-corrected chi connectivity index (χ0v) is 13.9. The van der Waals surface area contributed by atoms with E-state index >= 15 is 0 Å². The third-order valence-electron chi connectivity index (χ3n) is 2.68. The van der Waals surface area contributed by atoms with Crippen molar-refractivity contribution in [2.45, 2.75) is 6.18 Å². The van der Waals surface area contributed by atoms with Crippen molar-refractivity contribution in [3.8, 4) is 11.5 Å². The van der Waals surface area contributed by atoms with E-state index in [9.17, 15) is 22.4 Å². The first-order chi connectivity index (χ1) is 10.6. The average Bonchev–Trinajstić information content (AvgIpc) is 2.38. The highest BCUT2D eigenvalue weighted by Crippen LogP contribution is 2.39. The topological polar surface area (TPSA) is 26.3 Å². The Kier molecular flexibility index (Phi) is 5.23. The fourth-order valence-electron chi connectivity index (χ4n) is 1.73. The van der Waals surface area contributed by atoms with Gasteiger partial charge >= 0.3 is 6.18 Å². The summed E-state index contributed by atoms with van der Waals surface area (Å²) >= 11 is 13.9. The second kappa shape index (κ2) is 6.67. The van der Waals surface area contributed by atoms with Crippen molar-refractivity contribution in [1.82, 2.24) is 0 Å². The minimum Gasteiger partial charge on any atom is -0.457 e. The number of benzene rings is 2. The standard InChI is InChI=1S/C14H5BrCl2F4O2/c15-9-2-1-6(3-8(9)13(17)22)23-7-4-10(16)12(11(18)5-7)14(19,20)21/h1-5H. The predicted molar refractivity (Wildman–Crippen MR) is 80.8 cm³/mol. The van der Waals surface area contributed by atoms with Crippen LogP contribution in [0.3, 0.4) is 0 Å². The smallest absolute Gasteiger partial charge is 0.420 e. The molecule has 0 saturated carbocycles. The van der Waals surface area contributed by atoms with E-state index in [0.29, 0.717) is 10.5 Å². The molecule has 2 aromatic rings. The van der Waals surface area contributed by atoms with Crippen molar-refractivity contribution in [2.24, 2.45) is 0 Å². The van der Waals surface area contributed by atoms with Crippen LogP contribution in [0, 0.1) is 5.82 Å². The molecule has 0 aliphatic carbocycles. The second-order valence-electron chi connectivity index (χ2n) is 4.28. The molecule has 23 heavy (non-hydrogen) atoms. The van der Waals surface area contributed by atoms with Gasteiger partial charge in [0.1, 0.15) is 22.9 Å². The summed E-state index contributed by atoms with van der Waals surface area (Å²) in [6, 6.07) is 5.50. The van der Waals surface area contributed by atoms with Crippen LogP contribution in [0.4, 0.5) is 17.6 Å². The van der Waals surface area contributed by atoms with E-state index in [-0.39, 0.29) is 17.1 Å². The lowest BCUT2D eigenvalue weighted by Crippen LogP contribution is -2.09.